The van der Waals surface area contributed by atoms with E-state index in [0.29, 0.717) is 0 Å². The van der Waals surface area contributed by atoms with Gasteiger partial charge >= 0.3 is 0 Å². The van der Waals surface area contributed by atoms with Gasteiger partial charge in [-0.25, -0.2) is 0 Å². The van der Waals surface area contributed by atoms with Gasteiger partial charge in [0.15, 0.2) is 0 Å². The number of benzene rings is 6. The summed E-state index contributed by atoms with van der Waals surface area (Å²) in [6.45, 7) is 0. The summed E-state index contributed by atoms with van der Waals surface area (Å²) in [4.78, 5) is 0. The van der Waals surface area contributed by atoms with Crippen molar-refractivity contribution >= 4 is 55.1 Å². The average Bonchev–Trinajstić information content (AvgIpc) is 2.86. The van der Waals surface area contributed by atoms with Crippen LogP contribution in [0.25, 0.3) is 32.3 Å². The fourth-order valence-electron chi connectivity index (χ4n) is 4.51. The molecule has 0 aliphatic carbocycles. The van der Waals surface area contributed by atoms with Gasteiger partial charge in [-0.1, -0.05) is 84.9 Å². The maximum atomic E-state index is 3.64. The zero-order valence-corrected chi connectivity index (χ0v) is 17.5. The smallest absolute Gasteiger partial charge is 0.0470 e. The second-order valence-corrected chi connectivity index (χ2v) is 8.02. The van der Waals surface area contributed by atoms with Gasteiger partial charge in [-0.05, 0) is 57.9 Å². The summed E-state index contributed by atoms with van der Waals surface area (Å²) >= 11 is 0. The van der Waals surface area contributed by atoms with Crippen molar-refractivity contribution in [3.05, 3.63) is 121 Å². The molecule has 0 saturated carbocycles. The third-order valence-electron chi connectivity index (χ3n) is 5.99. The molecule has 6 rings (SSSR count). The molecule has 2 nitrogen and oxygen atoms in total. The molecule has 2 N–H and O–H groups in total. The summed E-state index contributed by atoms with van der Waals surface area (Å²) in [5.74, 6) is 0. The number of hydrogen-bond donors (Lipinski definition) is 2. The van der Waals surface area contributed by atoms with Crippen molar-refractivity contribution in [1.82, 2.24) is 0 Å². The Morgan fingerprint density at radius 2 is 0.656 bits per heavy atom. The van der Waals surface area contributed by atoms with Gasteiger partial charge in [0.2, 0.25) is 0 Å². The van der Waals surface area contributed by atoms with E-state index >= 15 is 0 Å². The van der Waals surface area contributed by atoms with E-state index < -0.39 is 0 Å². The minimum Gasteiger partial charge on any atom is -0.355 e. The fourth-order valence-corrected chi connectivity index (χ4v) is 4.51. The van der Waals surface area contributed by atoms with E-state index in [1.807, 2.05) is 12.1 Å². The Morgan fingerprint density at radius 1 is 0.312 bits per heavy atom. The number of hydrogen-bond acceptors (Lipinski definition) is 2. The molecule has 6 aromatic rings. The van der Waals surface area contributed by atoms with E-state index in [9.17, 15) is 0 Å². The van der Waals surface area contributed by atoms with Gasteiger partial charge in [0, 0.05) is 33.5 Å². The van der Waals surface area contributed by atoms with Gasteiger partial charge < -0.3 is 10.6 Å². The third-order valence-corrected chi connectivity index (χ3v) is 5.99. The molecule has 0 aromatic heterocycles. The van der Waals surface area contributed by atoms with Crippen molar-refractivity contribution < 1.29 is 0 Å². The number of nitrogens with one attached hydrogen (secondary N) is 2. The molecule has 0 heterocycles. The summed E-state index contributed by atoms with van der Waals surface area (Å²) in [7, 11) is 0. The van der Waals surface area contributed by atoms with Crippen LogP contribution >= 0.6 is 0 Å². The topological polar surface area (TPSA) is 24.1 Å². The predicted octanol–water partition coefficient (Wildman–Crippen LogP) is 8.63. The van der Waals surface area contributed by atoms with Crippen LogP contribution in [0, 0.1) is 0 Å². The Morgan fingerprint density at radius 3 is 1.06 bits per heavy atom. The molecule has 0 atom stereocenters. The number of anilines is 4. The van der Waals surface area contributed by atoms with Crippen molar-refractivity contribution in [2.45, 2.75) is 0 Å². The largest absolute Gasteiger partial charge is 0.355 e. The summed E-state index contributed by atoms with van der Waals surface area (Å²) in [6, 6.07) is 42.6. The van der Waals surface area contributed by atoms with E-state index in [2.05, 4.69) is 120 Å². The van der Waals surface area contributed by atoms with Gasteiger partial charge in [0.05, 0.1) is 0 Å². The third kappa shape index (κ3) is 3.23. The summed E-state index contributed by atoms with van der Waals surface area (Å²) in [5, 5.41) is 14.7. The maximum Gasteiger partial charge on any atom is 0.0470 e. The van der Waals surface area contributed by atoms with E-state index in [0.717, 1.165) is 22.7 Å². The van der Waals surface area contributed by atoms with Crippen molar-refractivity contribution in [1.29, 1.82) is 0 Å². The Labute approximate surface area is 187 Å². The van der Waals surface area contributed by atoms with Gasteiger partial charge in [-0.3, -0.25) is 0 Å². The van der Waals surface area contributed by atoms with Crippen LogP contribution in [-0.4, -0.2) is 0 Å². The van der Waals surface area contributed by atoms with E-state index in [1.165, 1.54) is 32.3 Å². The van der Waals surface area contributed by atoms with Gasteiger partial charge in [-0.15, -0.1) is 0 Å². The Kier molecular flexibility index (Phi) is 4.47. The van der Waals surface area contributed by atoms with E-state index in [4.69, 9.17) is 0 Å². The maximum absolute atomic E-state index is 3.64. The monoisotopic (exact) mass is 410 g/mol. The lowest BCUT2D eigenvalue weighted by atomic mass is 9.94. The molecule has 0 saturated heterocycles. The highest BCUT2D eigenvalue weighted by atomic mass is 14.9. The van der Waals surface area contributed by atoms with Crippen molar-refractivity contribution in [2.24, 2.45) is 0 Å². The first-order valence-electron chi connectivity index (χ1n) is 10.9. The number of fused-ring (bicyclic) bond motifs is 5. The molecule has 0 spiro atoms. The molecule has 0 unspecified atom stereocenters. The number of para-hydroxylation sites is 2. The molecular weight excluding hydrogens is 388 g/mol. The molecule has 0 bridgehead atoms. The second kappa shape index (κ2) is 7.75. The molecule has 0 amide bonds. The zero-order chi connectivity index (χ0) is 21.3. The first-order valence-corrected chi connectivity index (χ1v) is 10.9. The van der Waals surface area contributed by atoms with E-state index in [-0.39, 0.29) is 0 Å². The SMILES string of the molecule is c1ccc(Nc2cc3c4ccccc4c(Nc4ccccc4)cc3c3ccccc23)cc1. The van der Waals surface area contributed by atoms with E-state index in [1.54, 1.807) is 0 Å². The Balaban J connectivity index is 1.64. The van der Waals surface area contributed by atoms with Crippen LogP contribution in [0.2, 0.25) is 0 Å². The highest BCUT2D eigenvalue weighted by Crippen LogP contribution is 2.40. The minimum absolute atomic E-state index is 1.09. The quantitative estimate of drug-likeness (QED) is 0.284. The van der Waals surface area contributed by atoms with Crippen LogP contribution in [0.4, 0.5) is 22.7 Å². The standard InChI is InChI=1S/C30H22N2/c1-3-11-21(12-4-1)31-29-19-27-24-16-8-10-18-26(24)30(32-22-13-5-2-6-14-22)20-28(27)23-15-7-9-17-25(23)29/h1-20,31-32H. The van der Waals surface area contributed by atoms with Crippen molar-refractivity contribution in [3.8, 4) is 0 Å². The Bertz CT molecular complexity index is 1430. The first kappa shape index (κ1) is 18.5. The van der Waals surface area contributed by atoms with Crippen LogP contribution in [0.1, 0.15) is 0 Å². The molecule has 6 aromatic carbocycles. The lowest BCUT2D eigenvalue weighted by molar-refractivity contribution is 1.58. The van der Waals surface area contributed by atoms with Crippen LogP contribution < -0.4 is 10.6 Å². The lowest BCUT2D eigenvalue weighted by Crippen LogP contribution is -1.95. The molecule has 2 heteroatoms. The highest BCUT2D eigenvalue weighted by Gasteiger charge is 2.12. The first-order chi connectivity index (χ1) is 15.9. The fraction of sp³-hybridized carbons (Fsp3) is 0. The Hall–Kier alpha value is -4.30. The number of rotatable bonds is 4. The molecule has 0 aliphatic rings. The van der Waals surface area contributed by atoms with Crippen LogP contribution in [0.15, 0.2) is 121 Å². The molecular formula is C30H22N2. The average molecular weight is 411 g/mol. The molecule has 32 heavy (non-hydrogen) atoms. The van der Waals surface area contributed by atoms with Crippen molar-refractivity contribution in [2.75, 3.05) is 10.6 Å². The normalized spacial score (nSPS) is 11.1. The van der Waals surface area contributed by atoms with Crippen LogP contribution in [0.3, 0.4) is 0 Å². The zero-order valence-electron chi connectivity index (χ0n) is 17.5. The van der Waals surface area contributed by atoms with Crippen LogP contribution in [0.5, 0.6) is 0 Å². The highest BCUT2D eigenvalue weighted by molar-refractivity contribution is 6.23. The molecule has 152 valence electrons. The summed E-state index contributed by atoms with van der Waals surface area (Å²) < 4.78 is 0. The molecule has 0 fully saturated rings. The lowest BCUT2D eigenvalue weighted by Gasteiger charge is -2.17. The van der Waals surface area contributed by atoms with Gasteiger partial charge in [-0.2, -0.15) is 0 Å². The summed E-state index contributed by atoms with van der Waals surface area (Å²) in [5.41, 5.74) is 4.41. The molecule has 0 radical (unpaired) electrons. The summed E-state index contributed by atoms with van der Waals surface area (Å²) in [6.07, 6.45) is 0. The second-order valence-electron chi connectivity index (χ2n) is 8.02. The van der Waals surface area contributed by atoms with Gasteiger partial charge in [0.1, 0.15) is 0 Å². The van der Waals surface area contributed by atoms with Crippen LogP contribution in [-0.2, 0) is 0 Å². The van der Waals surface area contributed by atoms with Gasteiger partial charge in [0.25, 0.3) is 0 Å². The minimum atomic E-state index is 1.09. The molecule has 0 aliphatic heterocycles. The van der Waals surface area contributed by atoms with Crippen molar-refractivity contribution in [3.63, 3.8) is 0 Å². The predicted molar refractivity (Wildman–Crippen MR) is 138 cm³/mol.